The average Bonchev–Trinajstić information content (AvgIpc) is 2.83. The topological polar surface area (TPSA) is 76.2 Å². The van der Waals surface area contributed by atoms with Gasteiger partial charge in [0.1, 0.15) is 10.6 Å². The van der Waals surface area contributed by atoms with Crippen molar-refractivity contribution in [3.05, 3.63) is 16.5 Å². The van der Waals surface area contributed by atoms with Crippen molar-refractivity contribution in [3.8, 4) is 10.8 Å². The SMILES string of the molecule is O=C(O)CSc1nnc(-c2sccc2Cl)o1. The van der Waals surface area contributed by atoms with Crippen molar-refractivity contribution in [2.24, 2.45) is 0 Å². The molecule has 0 unspecified atom stereocenters. The minimum absolute atomic E-state index is 0.111. The van der Waals surface area contributed by atoms with E-state index < -0.39 is 5.97 Å². The number of nitrogens with zero attached hydrogens (tertiary/aromatic N) is 2. The molecule has 5 nitrogen and oxygen atoms in total. The second-order valence-electron chi connectivity index (χ2n) is 2.65. The summed E-state index contributed by atoms with van der Waals surface area (Å²) in [5.74, 6) is -0.730. The normalized spacial score (nSPS) is 10.6. The van der Waals surface area contributed by atoms with Gasteiger partial charge in [-0.1, -0.05) is 23.4 Å². The van der Waals surface area contributed by atoms with Crippen LogP contribution in [0.5, 0.6) is 0 Å². The monoisotopic (exact) mass is 276 g/mol. The van der Waals surface area contributed by atoms with Gasteiger partial charge in [0.15, 0.2) is 0 Å². The molecule has 0 radical (unpaired) electrons. The number of aliphatic carboxylic acids is 1. The minimum atomic E-state index is -0.932. The molecule has 2 heterocycles. The summed E-state index contributed by atoms with van der Waals surface area (Å²) in [6.45, 7) is 0. The highest BCUT2D eigenvalue weighted by Gasteiger charge is 2.14. The van der Waals surface area contributed by atoms with E-state index in [2.05, 4.69) is 10.2 Å². The second-order valence-corrected chi connectivity index (χ2v) is 4.90. The predicted molar refractivity (Wildman–Crippen MR) is 61.0 cm³/mol. The average molecular weight is 277 g/mol. The maximum absolute atomic E-state index is 10.3. The number of carboxylic acid groups (broad SMARTS) is 1. The Hall–Kier alpha value is -1.05. The standard InChI is InChI=1S/C8H5ClN2O3S2/c9-4-1-2-15-6(4)7-10-11-8(14-7)16-3-5(12)13/h1-2H,3H2,(H,12,13). The van der Waals surface area contributed by atoms with Gasteiger partial charge in [-0.25, -0.2) is 0 Å². The molecule has 0 fully saturated rings. The van der Waals surface area contributed by atoms with Crippen LogP contribution in [-0.4, -0.2) is 27.0 Å². The minimum Gasteiger partial charge on any atom is -0.481 e. The lowest BCUT2D eigenvalue weighted by molar-refractivity contribution is -0.133. The summed E-state index contributed by atoms with van der Waals surface area (Å²) >= 11 is 8.25. The van der Waals surface area contributed by atoms with Crippen LogP contribution in [0.4, 0.5) is 0 Å². The van der Waals surface area contributed by atoms with Gasteiger partial charge in [-0.2, -0.15) is 0 Å². The lowest BCUT2D eigenvalue weighted by Crippen LogP contribution is -1.97. The number of hydrogen-bond acceptors (Lipinski definition) is 6. The van der Waals surface area contributed by atoms with Crippen LogP contribution in [0.3, 0.4) is 0 Å². The number of rotatable bonds is 4. The summed E-state index contributed by atoms with van der Waals surface area (Å²) in [4.78, 5) is 11.0. The van der Waals surface area contributed by atoms with Crippen molar-refractivity contribution < 1.29 is 14.3 Å². The molecule has 2 aromatic heterocycles. The van der Waals surface area contributed by atoms with Crippen LogP contribution in [0, 0.1) is 0 Å². The van der Waals surface area contributed by atoms with E-state index in [9.17, 15) is 4.79 Å². The van der Waals surface area contributed by atoms with E-state index in [1.165, 1.54) is 11.3 Å². The Labute approximate surface area is 103 Å². The van der Waals surface area contributed by atoms with Gasteiger partial charge >= 0.3 is 5.97 Å². The van der Waals surface area contributed by atoms with Gasteiger partial charge in [-0.15, -0.1) is 21.5 Å². The fraction of sp³-hybridized carbons (Fsp3) is 0.125. The molecule has 8 heteroatoms. The van der Waals surface area contributed by atoms with E-state index >= 15 is 0 Å². The Kier molecular flexibility index (Phi) is 3.47. The van der Waals surface area contributed by atoms with Crippen LogP contribution >= 0.6 is 34.7 Å². The third-order valence-electron chi connectivity index (χ3n) is 1.54. The number of thiophene rings is 1. The first-order valence-corrected chi connectivity index (χ1v) is 6.32. The molecule has 0 amide bonds. The Bertz CT molecular complexity index is 511. The van der Waals surface area contributed by atoms with Crippen molar-refractivity contribution in [3.63, 3.8) is 0 Å². The van der Waals surface area contributed by atoms with Gasteiger partial charge in [0, 0.05) is 0 Å². The van der Waals surface area contributed by atoms with Gasteiger partial charge in [-0.3, -0.25) is 4.79 Å². The Morgan fingerprint density at radius 3 is 3.06 bits per heavy atom. The molecular weight excluding hydrogens is 272 g/mol. The molecule has 2 aromatic rings. The zero-order chi connectivity index (χ0) is 11.5. The first-order valence-electron chi connectivity index (χ1n) is 4.08. The van der Waals surface area contributed by atoms with Crippen LogP contribution in [0.2, 0.25) is 5.02 Å². The van der Waals surface area contributed by atoms with Gasteiger partial charge in [0.05, 0.1) is 5.02 Å². The molecule has 0 aliphatic heterocycles. The molecule has 0 aliphatic rings. The molecule has 0 saturated heterocycles. The van der Waals surface area contributed by atoms with E-state index in [-0.39, 0.29) is 11.0 Å². The lowest BCUT2D eigenvalue weighted by atomic mass is 10.5. The molecule has 0 aromatic carbocycles. The molecule has 0 saturated carbocycles. The van der Waals surface area contributed by atoms with Crippen molar-refractivity contribution in [1.82, 2.24) is 10.2 Å². The van der Waals surface area contributed by atoms with E-state index in [0.717, 1.165) is 11.8 Å². The molecule has 2 rings (SSSR count). The summed E-state index contributed by atoms with van der Waals surface area (Å²) in [7, 11) is 0. The van der Waals surface area contributed by atoms with Crippen LogP contribution in [0.15, 0.2) is 21.1 Å². The van der Waals surface area contributed by atoms with Crippen LogP contribution < -0.4 is 0 Å². The smallest absolute Gasteiger partial charge is 0.314 e. The van der Waals surface area contributed by atoms with Gasteiger partial charge in [0.2, 0.25) is 0 Å². The lowest BCUT2D eigenvalue weighted by Gasteiger charge is -1.90. The number of carboxylic acids is 1. The maximum Gasteiger partial charge on any atom is 0.314 e. The van der Waals surface area contributed by atoms with Crippen molar-refractivity contribution >= 4 is 40.7 Å². The molecule has 84 valence electrons. The third-order valence-corrected chi connectivity index (χ3v) is 3.67. The molecule has 0 spiro atoms. The molecule has 0 aliphatic carbocycles. The van der Waals surface area contributed by atoms with E-state index in [0.29, 0.717) is 15.8 Å². The fourth-order valence-corrected chi connectivity index (χ4v) is 2.47. The highest BCUT2D eigenvalue weighted by Crippen LogP contribution is 2.33. The summed E-state index contributed by atoms with van der Waals surface area (Å²) in [6, 6.07) is 1.73. The number of hydrogen-bond donors (Lipinski definition) is 1. The van der Waals surface area contributed by atoms with Crippen LogP contribution in [-0.2, 0) is 4.79 Å². The number of thioether (sulfide) groups is 1. The number of aromatic nitrogens is 2. The van der Waals surface area contributed by atoms with Crippen LogP contribution in [0.1, 0.15) is 0 Å². The third kappa shape index (κ3) is 2.55. The predicted octanol–water partition coefficient (Wildman–Crippen LogP) is 2.63. The van der Waals surface area contributed by atoms with E-state index in [4.69, 9.17) is 21.1 Å². The highest BCUT2D eigenvalue weighted by atomic mass is 35.5. The van der Waals surface area contributed by atoms with Gasteiger partial charge < -0.3 is 9.52 Å². The molecule has 1 N–H and O–H groups in total. The molecule has 0 atom stereocenters. The number of carbonyl (C=O) groups is 1. The molecule has 16 heavy (non-hydrogen) atoms. The van der Waals surface area contributed by atoms with Gasteiger partial charge in [0.25, 0.3) is 11.1 Å². The molecular formula is C8H5ClN2O3S2. The van der Waals surface area contributed by atoms with E-state index in [1.807, 2.05) is 5.38 Å². The largest absolute Gasteiger partial charge is 0.481 e. The quantitative estimate of drug-likeness (QED) is 0.865. The zero-order valence-electron chi connectivity index (χ0n) is 7.71. The summed E-state index contributed by atoms with van der Waals surface area (Å²) in [5, 5.41) is 18.6. The maximum atomic E-state index is 10.3. The van der Waals surface area contributed by atoms with E-state index in [1.54, 1.807) is 6.07 Å². The Morgan fingerprint density at radius 1 is 1.62 bits per heavy atom. The second kappa shape index (κ2) is 4.86. The zero-order valence-corrected chi connectivity index (χ0v) is 10.1. The van der Waals surface area contributed by atoms with Gasteiger partial charge in [-0.05, 0) is 11.4 Å². The molecule has 0 bridgehead atoms. The van der Waals surface area contributed by atoms with Crippen molar-refractivity contribution in [1.29, 1.82) is 0 Å². The first-order chi connectivity index (χ1) is 7.66. The van der Waals surface area contributed by atoms with Crippen molar-refractivity contribution in [2.75, 3.05) is 5.75 Å². The highest BCUT2D eigenvalue weighted by molar-refractivity contribution is 7.99. The summed E-state index contributed by atoms with van der Waals surface area (Å²) in [5.41, 5.74) is 0. The Morgan fingerprint density at radius 2 is 2.44 bits per heavy atom. The van der Waals surface area contributed by atoms with Crippen molar-refractivity contribution in [2.45, 2.75) is 5.22 Å². The summed E-state index contributed by atoms with van der Waals surface area (Å²) < 4.78 is 5.26. The number of halogens is 1. The fourth-order valence-electron chi connectivity index (χ4n) is 0.930. The summed E-state index contributed by atoms with van der Waals surface area (Å²) in [6.07, 6.45) is 0. The first kappa shape index (κ1) is 11.4. The Balaban J connectivity index is 2.14. The van der Waals surface area contributed by atoms with Crippen LogP contribution in [0.25, 0.3) is 10.8 Å².